The van der Waals surface area contributed by atoms with Crippen LogP contribution < -0.4 is 20.7 Å². The van der Waals surface area contributed by atoms with E-state index in [9.17, 15) is 26.4 Å². The first-order valence-corrected chi connectivity index (χ1v) is 12.5. The summed E-state index contributed by atoms with van der Waals surface area (Å²) in [5.74, 6) is -1.39. The summed E-state index contributed by atoms with van der Waals surface area (Å²) in [5, 5.41) is 5.68. The lowest BCUT2D eigenvalue weighted by Crippen LogP contribution is -2.26. The van der Waals surface area contributed by atoms with Crippen molar-refractivity contribution in [2.75, 3.05) is 28.2 Å². The lowest BCUT2D eigenvalue weighted by atomic mass is 10.1. The molecule has 0 saturated heterocycles. The van der Waals surface area contributed by atoms with E-state index in [1.54, 1.807) is 13.0 Å². The maximum Gasteiger partial charge on any atom is 0.421 e. The smallest absolute Gasteiger partial charge is 0.366 e. The van der Waals surface area contributed by atoms with E-state index >= 15 is 0 Å². The molecule has 0 radical (unpaired) electrons. The maximum absolute atomic E-state index is 13.7. The molecular weight excluding hydrogens is 521 g/mol. The van der Waals surface area contributed by atoms with Gasteiger partial charge in [-0.1, -0.05) is 17.7 Å². The number of amides is 1. The quantitative estimate of drug-likeness (QED) is 0.386. The Morgan fingerprint density at radius 1 is 1.19 bits per heavy atom. The van der Waals surface area contributed by atoms with Crippen LogP contribution in [0.3, 0.4) is 0 Å². The average molecular weight is 543 g/mol. The zero-order valence-corrected chi connectivity index (χ0v) is 20.9. The van der Waals surface area contributed by atoms with Crippen molar-refractivity contribution < 1.29 is 26.4 Å². The van der Waals surface area contributed by atoms with Gasteiger partial charge < -0.3 is 16.4 Å². The maximum atomic E-state index is 13.7. The second kappa shape index (κ2) is 10.2. The van der Waals surface area contributed by atoms with Crippen LogP contribution >= 0.6 is 11.6 Å². The zero-order valence-electron chi connectivity index (χ0n) is 19.3. The highest BCUT2D eigenvalue weighted by Crippen LogP contribution is 2.35. The number of nitrogens with one attached hydrogen (secondary N) is 2. The SMILES string of the molecule is Cc1ccc(C(N)=O)cc1Nc1ncc(C(F)(F)F)c(NCc2cc(Cl)ccc2N(C)S(C)(=O)=O)n1. The molecule has 4 N–H and O–H groups in total. The predicted molar refractivity (Wildman–Crippen MR) is 132 cm³/mol. The second-order valence-corrected chi connectivity index (χ2v) is 10.3. The van der Waals surface area contributed by atoms with Crippen LogP contribution in [0.4, 0.5) is 36.3 Å². The Hall–Kier alpha value is -3.58. The Morgan fingerprint density at radius 3 is 2.50 bits per heavy atom. The van der Waals surface area contributed by atoms with Gasteiger partial charge in [0.05, 0.1) is 11.9 Å². The topological polar surface area (TPSA) is 130 Å². The van der Waals surface area contributed by atoms with Crippen molar-refractivity contribution in [1.82, 2.24) is 9.97 Å². The number of sulfonamides is 1. The number of carbonyl (C=O) groups excluding carboxylic acids is 1. The number of nitrogens with zero attached hydrogens (tertiary/aromatic N) is 3. The van der Waals surface area contributed by atoms with E-state index in [2.05, 4.69) is 20.6 Å². The van der Waals surface area contributed by atoms with Crippen molar-refractivity contribution in [2.24, 2.45) is 5.73 Å². The number of alkyl halides is 3. The highest BCUT2D eigenvalue weighted by molar-refractivity contribution is 7.92. The van der Waals surface area contributed by atoms with E-state index in [1.807, 2.05) is 0 Å². The molecule has 2 aromatic carbocycles. The fraction of sp³-hybridized carbons (Fsp3) is 0.227. The molecule has 1 heterocycles. The summed E-state index contributed by atoms with van der Waals surface area (Å²) >= 11 is 6.04. The third-order valence-corrected chi connectivity index (χ3v) is 6.61. The number of anilines is 4. The first-order chi connectivity index (χ1) is 16.7. The van der Waals surface area contributed by atoms with E-state index in [0.29, 0.717) is 23.0 Å². The summed E-state index contributed by atoms with van der Waals surface area (Å²) in [6.07, 6.45) is -3.16. The third kappa shape index (κ3) is 6.34. The molecule has 0 atom stereocenters. The normalized spacial score (nSPS) is 11.8. The molecule has 0 aliphatic carbocycles. The Balaban J connectivity index is 1.98. The van der Waals surface area contributed by atoms with Crippen LogP contribution in [0, 0.1) is 6.92 Å². The largest absolute Gasteiger partial charge is 0.421 e. The summed E-state index contributed by atoms with van der Waals surface area (Å²) in [4.78, 5) is 19.2. The zero-order chi connectivity index (χ0) is 26.8. The van der Waals surface area contributed by atoms with Gasteiger partial charge in [-0.05, 0) is 48.4 Å². The van der Waals surface area contributed by atoms with Crippen molar-refractivity contribution in [3.63, 3.8) is 0 Å². The standard InChI is InChI=1S/C22H22ClF3N6O3S/c1-12-4-5-13(19(27)33)9-17(12)30-21-29-11-16(22(24,25)26)20(31-21)28-10-14-8-15(23)6-7-18(14)32(2)36(3,34)35/h4-9,11H,10H2,1-3H3,(H2,27,33)(H2,28,29,30,31). The van der Waals surface area contributed by atoms with Gasteiger partial charge in [0, 0.05) is 36.1 Å². The van der Waals surface area contributed by atoms with Crippen molar-refractivity contribution in [1.29, 1.82) is 0 Å². The fourth-order valence-electron chi connectivity index (χ4n) is 3.18. The monoisotopic (exact) mass is 542 g/mol. The molecule has 3 rings (SSSR count). The predicted octanol–water partition coefficient (Wildman–Crippen LogP) is 4.31. The van der Waals surface area contributed by atoms with Crippen LogP contribution in [-0.2, 0) is 22.7 Å². The summed E-state index contributed by atoms with van der Waals surface area (Å²) in [6.45, 7) is 1.49. The van der Waals surface area contributed by atoms with E-state index in [4.69, 9.17) is 17.3 Å². The highest BCUT2D eigenvalue weighted by atomic mass is 35.5. The van der Waals surface area contributed by atoms with E-state index < -0.39 is 33.5 Å². The first-order valence-electron chi connectivity index (χ1n) is 10.2. The Bertz CT molecular complexity index is 1420. The van der Waals surface area contributed by atoms with Gasteiger partial charge in [0.2, 0.25) is 21.9 Å². The van der Waals surface area contributed by atoms with Gasteiger partial charge in [0.15, 0.2) is 0 Å². The van der Waals surface area contributed by atoms with Crippen LogP contribution in [0.1, 0.15) is 27.0 Å². The lowest BCUT2D eigenvalue weighted by molar-refractivity contribution is -0.137. The Kier molecular flexibility index (Phi) is 7.65. The summed E-state index contributed by atoms with van der Waals surface area (Å²) in [7, 11) is -2.33. The number of hydrogen-bond donors (Lipinski definition) is 3. The molecule has 0 saturated carbocycles. The Morgan fingerprint density at radius 2 is 1.89 bits per heavy atom. The summed E-state index contributed by atoms with van der Waals surface area (Å²) in [5.41, 5.74) is 5.96. The summed E-state index contributed by atoms with van der Waals surface area (Å²) in [6, 6.07) is 8.93. The number of benzene rings is 2. The number of halogens is 4. The van der Waals surface area contributed by atoms with Crippen molar-refractivity contribution >= 4 is 50.7 Å². The highest BCUT2D eigenvalue weighted by Gasteiger charge is 2.35. The molecule has 0 fully saturated rings. The minimum absolute atomic E-state index is 0.171. The van der Waals surface area contributed by atoms with Gasteiger partial charge in [-0.3, -0.25) is 9.10 Å². The van der Waals surface area contributed by atoms with Crippen LogP contribution in [0.2, 0.25) is 5.02 Å². The number of rotatable bonds is 8. The molecular formula is C22H22ClF3N6O3S. The number of carbonyl (C=O) groups is 1. The van der Waals surface area contributed by atoms with Gasteiger partial charge in [-0.15, -0.1) is 0 Å². The molecule has 1 aromatic heterocycles. The van der Waals surface area contributed by atoms with Crippen LogP contribution in [0.5, 0.6) is 0 Å². The fourth-order valence-corrected chi connectivity index (χ4v) is 3.91. The van der Waals surface area contributed by atoms with Gasteiger partial charge in [0.25, 0.3) is 0 Å². The van der Waals surface area contributed by atoms with Gasteiger partial charge in [-0.25, -0.2) is 13.4 Å². The molecule has 36 heavy (non-hydrogen) atoms. The number of nitrogens with two attached hydrogens (primary N) is 1. The lowest BCUT2D eigenvalue weighted by Gasteiger charge is -2.21. The second-order valence-electron chi connectivity index (χ2n) is 7.83. The van der Waals surface area contributed by atoms with Crippen molar-refractivity contribution in [2.45, 2.75) is 19.6 Å². The molecule has 0 bridgehead atoms. The molecule has 14 heteroatoms. The van der Waals surface area contributed by atoms with Gasteiger partial charge in [0.1, 0.15) is 11.4 Å². The van der Waals surface area contributed by atoms with E-state index in [1.165, 1.54) is 37.4 Å². The van der Waals surface area contributed by atoms with Crippen LogP contribution in [-0.4, -0.2) is 37.6 Å². The van der Waals surface area contributed by atoms with Crippen molar-refractivity contribution in [3.8, 4) is 0 Å². The number of primary amides is 1. The molecule has 3 aromatic rings. The first kappa shape index (κ1) is 27.0. The average Bonchev–Trinajstić information content (AvgIpc) is 2.77. The molecule has 192 valence electrons. The number of hydrogen-bond acceptors (Lipinski definition) is 7. The molecule has 0 aliphatic rings. The molecule has 0 spiro atoms. The van der Waals surface area contributed by atoms with Crippen molar-refractivity contribution in [3.05, 3.63) is 69.9 Å². The van der Waals surface area contributed by atoms with Gasteiger partial charge >= 0.3 is 6.18 Å². The minimum atomic E-state index is -4.77. The minimum Gasteiger partial charge on any atom is -0.366 e. The molecule has 9 nitrogen and oxygen atoms in total. The van der Waals surface area contributed by atoms with Crippen LogP contribution in [0.25, 0.3) is 0 Å². The Labute approximate surface area is 210 Å². The van der Waals surface area contributed by atoms with Gasteiger partial charge in [-0.2, -0.15) is 18.2 Å². The summed E-state index contributed by atoms with van der Waals surface area (Å²) < 4.78 is 66.0. The molecule has 0 aliphatic heterocycles. The third-order valence-electron chi connectivity index (χ3n) is 5.19. The number of aromatic nitrogens is 2. The number of aryl methyl sites for hydroxylation is 1. The van der Waals surface area contributed by atoms with E-state index in [-0.39, 0.29) is 28.8 Å². The molecule has 0 unspecified atom stereocenters. The van der Waals surface area contributed by atoms with E-state index in [0.717, 1.165) is 10.6 Å². The van der Waals surface area contributed by atoms with Crippen LogP contribution in [0.15, 0.2) is 42.6 Å². The molecule has 1 amide bonds.